The minimum Gasteiger partial charge on any atom is -0.497 e. The molecular weight excluding hydrogens is 272 g/mol. The highest BCUT2D eigenvalue weighted by atomic mass is 16.5. The van der Waals surface area contributed by atoms with E-state index in [9.17, 15) is 0 Å². The summed E-state index contributed by atoms with van der Waals surface area (Å²) in [6.07, 6.45) is 0. The number of benzene rings is 3. The average Bonchev–Trinajstić information content (AvgIpc) is 2.60. The fourth-order valence-electron chi connectivity index (χ4n) is 2.48. The molecule has 0 fully saturated rings. The Morgan fingerprint density at radius 3 is 2.18 bits per heavy atom. The van der Waals surface area contributed by atoms with Gasteiger partial charge in [-0.2, -0.15) is 0 Å². The zero-order valence-corrected chi connectivity index (χ0v) is 12.3. The van der Waals surface area contributed by atoms with E-state index in [-0.39, 0.29) is 11.4 Å². The van der Waals surface area contributed by atoms with E-state index in [1.165, 1.54) is 0 Å². The molecular formula is C19H16N2O. The number of rotatable bonds is 4. The number of methoxy groups -OCH3 is 1. The van der Waals surface area contributed by atoms with Crippen LogP contribution in [0.5, 0.6) is 5.75 Å². The number of ether oxygens (including phenoxy) is 1. The second-order valence-corrected chi connectivity index (χ2v) is 5.01. The van der Waals surface area contributed by atoms with Crippen LogP contribution in [-0.4, -0.2) is 18.5 Å². The zero-order chi connectivity index (χ0) is 15.5. The van der Waals surface area contributed by atoms with Gasteiger partial charge in [-0.3, -0.25) is 10.8 Å². The van der Waals surface area contributed by atoms with Crippen molar-refractivity contribution in [2.75, 3.05) is 7.11 Å². The molecule has 0 aliphatic carbocycles. The van der Waals surface area contributed by atoms with Gasteiger partial charge in [0, 0.05) is 11.1 Å². The SMILES string of the molecule is COc1ccc(C(=N)C(=N)c2cccc3ccccc23)cc1. The summed E-state index contributed by atoms with van der Waals surface area (Å²) in [6.45, 7) is 0. The third-order valence-electron chi connectivity index (χ3n) is 3.69. The van der Waals surface area contributed by atoms with Crippen LogP contribution < -0.4 is 4.74 Å². The van der Waals surface area contributed by atoms with Crippen LogP contribution in [0.4, 0.5) is 0 Å². The van der Waals surface area contributed by atoms with Crippen molar-refractivity contribution in [3.63, 3.8) is 0 Å². The molecule has 22 heavy (non-hydrogen) atoms. The number of hydrogen-bond acceptors (Lipinski definition) is 3. The summed E-state index contributed by atoms with van der Waals surface area (Å²) in [5, 5.41) is 18.8. The van der Waals surface area contributed by atoms with Gasteiger partial charge in [-0.05, 0) is 35.0 Å². The van der Waals surface area contributed by atoms with E-state index in [0.29, 0.717) is 5.56 Å². The lowest BCUT2D eigenvalue weighted by molar-refractivity contribution is 0.415. The lowest BCUT2D eigenvalue weighted by atomic mass is 9.95. The Hall–Kier alpha value is -2.94. The number of fused-ring (bicyclic) bond motifs is 1. The first-order chi connectivity index (χ1) is 10.7. The Labute approximate surface area is 129 Å². The Morgan fingerprint density at radius 2 is 1.45 bits per heavy atom. The highest BCUT2D eigenvalue weighted by Crippen LogP contribution is 2.21. The Balaban J connectivity index is 1.99. The fraction of sp³-hybridized carbons (Fsp3) is 0.0526. The van der Waals surface area contributed by atoms with Crippen molar-refractivity contribution < 1.29 is 4.74 Å². The van der Waals surface area contributed by atoms with Crippen molar-refractivity contribution in [2.45, 2.75) is 0 Å². The van der Waals surface area contributed by atoms with Crippen molar-refractivity contribution in [2.24, 2.45) is 0 Å². The highest BCUT2D eigenvalue weighted by molar-refractivity contribution is 6.52. The maximum Gasteiger partial charge on any atom is 0.118 e. The summed E-state index contributed by atoms with van der Waals surface area (Å²) in [7, 11) is 1.61. The quantitative estimate of drug-likeness (QED) is 0.691. The molecule has 0 amide bonds. The molecule has 3 rings (SSSR count). The van der Waals surface area contributed by atoms with Crippen LogP contribution in [0.3, 0.4) is 0 Å². The first-order valence-corrected chi connectivity index (χ1v) is 7.01. The largest absolute Gasteiger partial charge is 0.497 e. The van der Waals surface area contributed by atoms with Gasteiger partial charge in [-0.1, -0.05) is 42.5 Å². The lowest BCUT2D eigenvalue weighted by Gasteiger charge is -2.10. The normalized spacial score (nSPS) is 10.4. The third kappa shape index (κ3) is 2.49. The minimum atomic E-state index is 0.207. The van der Waals surface area contributed by atoms with Crippen LogP contribution >= 0.6 is 0 Å². The van der Waals surface area contributed by atoms with Crippen LogP contribution in [-0.2, 0) is 0 Å². The van der Waals surface area contributed by atoms with Crippen LogP contribution in [0.15, 0.2) is 66.7 Å². The summed E-state index contributed by atoms with van der Waals surface area (Å²) in [5.41, 5.74) is 1.92. The van der Waals surface area contributed by atoms with Crippen molar-refractivity contribution in [3.05, 3.63) is 77.9 Å². The number of nitrogens with one attached hydrogen (secondary N) is 2. The summed E-state index contributed by atoms with van der Waals surface area (Å²) in [5.74, 6) is 0.744. The van der Waals surface area contributed by atoms with Crippen LogP contribution in [0.1, 0.15) is 11.1 Å². The summed E-state index contributed by atoms with van der Waals surface area (Å²) < 4.78 is 5.13. The molecule has 0 saturated carbocycles. The molecule has 3 aromatic rings. The summed E-state index contributed by atoms with van der Waals surface area (Å²) >= 11 is 0. The first-order valence-electron chi connectivity index (χ1n) is 7.01. The molecule has 108 valence electrons. The molecule has 3 nitrogen and oxygen atoms in total. The Morgan fingerprint density at radius 1 is 0.773 bits per heavy atom. The molecule has 3 aromatic carbocycles. The van der Waals surface area contributed by atoms with E-state index in [1.54, 1.807) is 31.4 Å². The van der Waals surface area contributed by atoms with E-state index < -0.39 is 0 Å². The second kappa shape index (κ2) is 5.82. The van der Waals surface area contributed by atoms with Crippen LogP contribution in [0, 0.1) is 10.8 Å². The van der Waals surface area contributed by atoms with Gasteiger partial charge in [0.05, 0.1) is 18.5 Å². The molecule has 0 spiro atoms. The predicted molar refractivity (Wildman–Crippen MR) is 90.6 cm³/mol. The molecule has 2 N–H and O–H groups in total. The molecule has 0 heterocycles. The molecule has 0 atom stereocenters. The molecule has 0 radical (unpaired) electrons. The van der Waals surface area contributed by atoms with Crippen molar-refractivity contribution in [1.82, 2.24) is 0 Å². The van der Waals surface area contributed by atoms with Gasteiger partial charge in [-0.15, -0.1) is 0 Å². The third-order valence-corrected chi connectivity index (χ3v) is 3.69. The molecule has 3 heteroatoms. The van der Waals surface area contributed by atoms with Crippen molar-refractivity contribution in [3.8, 4) is 5.75 Å². The topological polar surface area (TPSA) is 56.9 Å². The molecule has 0 saturated heterocycles. The first kappa shape index (κ1) is 14.0. The van der Waals surface area contributed by atoms with Gasteiger partial charge in [0.25, 0.3) is 0 Å². The van der Waals surface area contributed by atoms with E-state index in [1.807, 2.05) is 42.5 Å². The monoisotopic (exact) mass is 288 g/mol. The maximum atomic E-state index is 8.40. The van der Waals surface area contributed by atoms with Gasteiger partial charge < -0.3 is 4.74 Å². The molecule has 0 aromatic heterocycles. The average molecular weight is 288 g/mol. The highest BCUT2D eigenvalue weighted by Gasteiger charge is 2.13. The van der Waals surface area contributed by atoms with E-state index in [2.05, 4.69) is 0 Å². The standard InChI is InChI=1S/C19H16N2O/c1-22-15-11-9-14(10-12-15)18(20)19(21)17-8-4-6-13-5-2-3-7-16(13)17/h2-12,20-21H,1H3. The maximum absolute atomic E-state index is 8.40. The summed E-state index contributed by atoms with van der Waals surface area (Å²) in [4.78, 5) is 0. The van der Waals surface area contributed by atoms with Crippen LogP contribution in [0.2, 0.25) is 0 Å². The van der Waals surface area contributed by atoms with E-state index >= 15 is 0 Å². The van der Waals surface area contributed by atoms with Crippen molar-refractivity contribution >= 4 is 22.2 Å². The molecule has 0 bridgehead atoms. The fourth-order valence-corrected chi connectivity index (χ4v) is 2.48. The van der Waals surface area contributed by atoms with E-state index in [4.69, 9.17) is 15.6 Å². The predicted octanol–water partition coefficient (Wildman–Crippen LogP) is 4.28. The van der Waals surface area contributed by atoms with Gasteiger partial charge in [-0.25, -0.2) is 0 Å². The summed E-state index contributed by atoms with van der Waals surface area (Å²) in [6, 6.07) is 21.0. The lowest BCUT2D eigenvalue weighted by Crippen LogP contribution is -2.15. The smallest absolute Gasteiger partial charge is 0.118 e. The van der Waals surface area contributed by atoms with E-state index in [0.717, 1.165) is 22.1 Å². The molecule has 0 aliphatic heterocycles. The van der Waals surface area contributed by atoms with Gasteiger partial charge >= 0.3 is 0 Å². The van der Waals surface area contributed by atoms with Crippen molar-refractivity contribution in [1.29, 1.82) is 10.8 Å². The minimum absolute atomic E-state index is 0.207. The Kier molecular flexibility index (Phi) is 3.71. The van der Waals surface area contributed by atoms with Gasteiger partial charge in [0.2, 0.25) is 0 Å². The van der Waals surface area contributed by atoms with Gasteiger partial charge in [0.1, 0.15) is 5.75 Å². The second-order valence-electron chi connectivity index (χ2n) is 5.01. The molecule has 0 unspecified atom stereocenters. The molecule has 0 aliphatic rings. The van der Waals surface area contributed by atoms with Gasteiger partial charge in [0.15, 0.2) is 0 Å². The Bertz CT molecular complexity index is 845. The van der Waals surface area contributed by atoms with Crippen LogP contribution in [0.25, 0.3) is 10.8 Å². The number of hydrogen-bond donors (Lipinski definition) is 2. The zero-order valence-electron chi connectivity index (χ0n) is 12.3.